The van der Waals surface area contributed by atoms with E-state index in [0.717, 1.165) is 0 Å². The molecular weight excluding hydrogens is 162 g/mol. The van der Waals surface area contributed by atoms with Crippen LogP contribution in [0.2, 0.25) is 0 Å². The van der Waals surface area contributed by atoms with Crippen molar-refractivity contribution in [1.82, 2.24) is 4.90 Å². The highest BCUT2D eigenvalue weighted by Gasteiger charge is 2.28. The molecule has 0 aromatic heterocycles. The summed E-state index contributed by atoms with van der Waals surface area (Å²) in [6, 6.07) is 0. The van der Waals surface area contributed by atoms with Gasteiger partial charge in [-0.05, 0) is 13.0 Å². The predicted octanol–water partition coefficient (Wildman–Crippen LogP) is -0.523. The first-order valence-electron chi connectivity index (χ1n) is 3.76. The molecule has 0 aromatic rings. The highest BCUT2D eigenvalue weighted by molar-refractivity contribution is 5.72. The SMILES string of the molecule is O=C(O)CN1CCC(C(=O)O)C1. The molecule has 1 fully saturated rings. The molecule has 0 spiro atoms. The fourth-order valence-corrected chi connectivity index (χ4v) is 1.37. The molecule has 1 rings (SSSR count). The number of likely N-dealkylation sites (tertiary alicyclic amines) is 1. The Morgan fingerprint density at radius 3 is 2.50 bits per heavy atom. The van der Waals surface area contributed by atoms with Crippen LogP contribution in [0.1, 0.15) is 6.42 Å². The monoisotopic (exact) mass is 173 g/mol. The second-order valence-electron chi connectivity index (χ2n) is 2.95. The highest BCUT2D eigenvalue weighted by atomic mass is 16.4. The zero-order valence-corrected chi connectivity index (χ0v) is 6.56. The van der Waals surface area contributed by atoms with E-state index >= 15 is 0 Å². The molecule has 0 amide bonds. The summed E-state index contributed by atoms with van der Waals surface area (Å²) in [4.78, 5) is 22.3. The van der Waals surface area contributed by atoms with Gasteiger partial charge < -0.3 is 10.2 Å². The number of nitrogens with zero attached hydrogens (tertiary/aromatic N) is 1. The predicted molar refractivity (Wildman–Crippen MR) is 39.8 cm³/mol. The van der Waals surface area contributed by atoms with E-state index in [0.29, 0.717) is 19.5 Å². The summed E-state index contributed by atoms with van der Waals surface area (Å²) in [5, 5.41) is 17.0. The molecule has 0 radical (unpaired) electrons. The van der Waals surface area contributed by atoms with Gasteiger partial charge in [-0.15, -0.1) is 0 Å². The standard InChI is InChI=1S/C7H11NO4/c9-6(10)4-8-2-1-5(3-8)7(11)12/h5H,1-4H2,(H,9,10)(H,11,12). The van der Waals surface area contributed by atoms with Gasteiger partial charge in [0, 0.05) is 6.54 Å². The number of hydrogen-bond donors (Lipinski definition) is 2. The van der Waals surface area contributed by atoms with Crippen LogP contribution in [0.5, 0.6) is 0 Å². The van der Waals surface area contributed by atoms with Crippen LogP contribution in [-0.4, -0.2) is 46.7 Å². The Kier molecular flexibility index (Phi) is 2.65. The van der Waals surface area contributed by atoms with Gasteiger partial charge in [-0.1, -0.05) is 0 Å². The van der Waals surface area contributed by atoms with E-state index in [4.69, 9.17) is 10.2 Å². The molecule has 5 nitrogen and oxygen atoms in total. The molecule has 0 aliphatic carbocycles. The maximum atomic E-state index is 10.5. The Morgan fingerprint density at radius 1 is 1.42 bits per heavy atom. The normalized spacial score (nSPS) is 24.2. The third kappa shape index (κ3) is 2.20. The van der Waals surface area contributed by atoms with Gasteiger partial charge in [-0.3, -0.25) is 14.5 Å². The summed E-state index contributed by atoms with van der Waals surface area (Å²) < 4.78 is 0. The molecule has 0 aromatic carbocycles. The molecule has 0 bridgehead atoms. The van der Waals surface area contributed by atoms with Crippen LogP contribution in [-0.2, 0) is 9.59 Å². The Hall–Kier alpha value is -1.10. The average Bonchev–Trinajstić information content (AvgIpc) is 2.34. The second-order valence-corrected chi connectivity index (χ2v) is 2.95. The van der Waals surface area contributed by atoms with E-state index in [2.05, 4.69) is 0 Å². The number of hydrogen-bond acceptors (Lipinski definition) is 3. The number of aliphatic carboxylic acids is 2. The molecule has 1 unspecified atom stereocenters. The zero-order chi connectivity index (χ0) is 9.14. The van der Waals surface area contributed by atoms with Crippen LogP contribution in [0.3, 0.4) is 0 Å². The molecule has 1 saturated heterocycles. The van der Waals surface area contributed by atoms with Crippen molar-refractivity contribution in [3.8, 4) is 0 Å². The van der Waals surface area contributed by atoms with Crippen molar-refractivity contribution in [2.24, 2.45) is 5.92 Å². The summed E-state index contributed by atoms with van der Waals surface area (Å²) in [6.07, 6.45) is 0.558. The van der Waals surface area contributed by atoms with Gasteiger partial charge in [0.1, 0.15) is 0 Å². The van der Waals surface area contributed by atoms with Crippen LogP contribution in [0.4, 0.5) is 0 Å². The zero-order valence-electron chi connectivity index (χ0n) is 6.56. The van der Waals surface area contributed by atoms with Gasteiger partial charge in [0.2, 0.25) is 0 Å². The average molecular weight is 173 g/mol. The molecule has 1 aliphatic rings. The summed E-state index contributed by atoms with van der Waals surface area (Å²) >= 11 is 0. The number of carboxylic acid groups (broad SMARTS) is 2. The van der Waals surface area contributed by atoms with Crippen molar-refractivity contribution in [2.45, 2.75) is 6.42 Å². The number of rotatable bonds is 3. The molecule has 12 heavy (non-hydrogen) atoms. The van der Waals surface area contributed by atoms with Gasteiger partial charge >= 0.3 is 11.9 Å². The van der Waals surface area contributed by atoms with E-state index < -0.39 is 11.9 Å². The molecule has 5 heteroatoms. The van der Waals surface area contributed by atoms with Crippen LogP contribution in [0, 0.1) is 5.92 Å². The second kappa shape index (κ2) is 3.53. The van der Waals surface area contributed by atoms with Crippen LogP contribution >= 0.6 is 0 Å². The minimum atomic E-state index is -0.902. The van der Waals surface area contributed by atoms with E-state index in [1.54, 1.807) is 4.90 Å². The van der Waals surface area contributed by atoms with Crippen molar-refractivity contribution in [3.63, 3.8) is 0 Å². The van der Waals surface area contributed by atoms with E-state index in [9.17, 15) is 9.59 Å². The van der Waals surface area contributed by atoms with E-state index in [-0.39, 0.29) is 12.5 Å². The topological polar surface area (TPSA) is 77.8 Å². The summed E-state index contributed by atoms with van der Waals surface area (Å²) in [6.45, 7) is 0.884. The Bertz CT molecular complexity index is 204. The number of carbonyl (C=O) groups is 2. The third-order valence-electron chi connectivity index (χ3n) is 1.98. The molecule has 2 N–H and O–H groups in total. The third-order valence-corrected chi connectivity index (χ3v) is 1.98. The molecule has 1 heterocycles. The lowest BCUT2D eigenvalue weighted by Crippen LogP contribution is -2.28. The number of carboxylic acids is 2. The first kappa shape index (κ1) is 8.99. The quantitative estimate of drug-likeness (QED) is 0.600. The fraction of sp³-hybridized carbons (Fsp3) is 0.714. The molecule has 1 aliphatic heterocycles. The summed E-state index contributed by atoms with van der Waals surface area (Å²) in [5.74, 6) is -2.12. The van der Waals surface area contributed by atoms with Crippen LogP contribution < -0.4 is 0 Å². The van der Waals surface area contributed by atoms with Crippen molar-refractivity contribution < 1.29 is 19.8 Å². The van der Waals surface area contributed by atoms with Gasteiger partial charge in [0.05, 0.1) is 12.5 Å². The summed E-state index contributed by atoms with van der Waals surface area (Å²) in [5.41, 5.74) is 0. The molecule has 68 valence electrons. The lowest BCUT2D eigenvalue weighted by molar-refractivity contribution is -0.142. The Morgan fingerprint density at radius 2 is 2.08 bits per heavy atom. The van der Waals surface area contributed by atoms with Gasteiger partial charge in [0.15, 0.2) is 0 Å². The Labute approximate surface area is 69.6 Å². The van der Waals surface area contributed by atoms with Crippen LogP contribution in [0.25, 0.3) is 0 Å². The minimum absolute atomic E-state index is 0.0518. The maximum absolute atomic E-state index is 10.5. The van der Waals surface area contributed by atoms with Gasteiger partial charge in [0.25, 0.3) is 0 Å². The van der Waals surface area contributed by atoms with Crippen molar-refractivity contribution in [1.29, 1.82) is 0 Å². The summed E-state index contributed by atoms with van der Waals surface area (Å²) in [7, 11) is 0. The first-order valence-corrected chi connectivity index (χ1v) is 3.76. The molecule has 1 atom stereocenters. The highest BCUT2D eigenvalue weighted by Crippen LogP contribution is 2.15. The smallest absolute Gasteiger partial charge is 0.317 e. The lowest BCUT2D eigenvalue weighted by Gasteiger charge is -2.10. The van der Waals surface area contributed by atoms with E-state index in [1.165, 1.54) is 0 Å². The largest absolute Gasteiger partial charge is 0.481 e. The Balaban J connectivity index is 2.35. The van der Waals surface area contributed by atoms with Crippen molar-refractivity contribution in [3.05, 3.63) is 0 Å². The van der Waals surface area contributed by atoms with Gasteiger partial charge in [-0.2, -0.15) is 0 Å². The maximum Gasteiger partial charge on any atom is 0.317 e. The molecular formula is C7H11NO4. The minimum Gasteiger partial charge on any atom is -0.481 e. The first-order chi connectivity index (χ1) is 5.59. The lowest BCUT2D eigenvalue weighted by atomic mass is 10.1. The van der Waals surface area contributed by atoms with Crippen molar-refractivity contribution in [2.75, 3.05) is 19.6 Å². The fourth-order valence-electron chi connectivity index (χ4n) is 1.37. The van der Waals surface area contributed by atoms with Crippen molar-refractivity contribution >= 4 is 11.9 Å². The van der Waals surface area contributed by atoms with E-state index in [1.807, 2.05) is 0 Å². The van der Waals surface area contributed by atoms with Crippen LogP contribution in [0.15, 0.2) is 0 Å². The molecule has 0 saturated carbocycles. The van der Waals surface area contributed by atoms with Gasteiger partial charge in [-0.25, -0.2) is 0 Å².